The number of carboxylic acid groups (broad SMARTS) is 1. The molecule has 0 saturated heterocycles. The molecular weight excluding hydrogens is 442 g/mol. The molecule has 1 aromatic heterocycles. The van der Waals surface area contributed by atoms with Crippen LogP contribution >= 0.6 is 0 Å². The van der Waals surface area contributed by atoms with Crippen molar-refractivity contribution in [3.8, 4) is 11.1 Å². The fourth-order valence-corrected chi connectivity index (χ4v) is 4.12. The van der Waals surface area contributed by atoms with Gasteiger partial charge in [0, 0.05) is 29.6 Å². The Morgan fingerprint density at radius 1 is 0.829 bits per heavy atom. The van der Waals surface area contributed by atoms with Crippen LogP contribution in [-0.4, -0.2) is 33.2 Å². The largest absolute Gasteiger partial charge is 0.465 e. The molecule has 7 heteroatoms. The van der Waals surface area contributed by atoms with Crippen molar-refractivity contribution < 1.29 is 19.8 Å². The predicted octanol–water partition coefficient (Wildman–Crippen LogP) is 4.65. The van der Waals surface area contributed by atoms with Gasteiger partial charge in [-0.25, -0.2) is 4.79 Å². The van der Waals surface area contributed by atoms with Gasteiger partial charge >= 0.3 is 6.09 Å². The van der Waals surface area contributed by atoms with Gasteiger partial charge in [-0.2, -0.15) is 0 Å². The van der Waals surface area contributed by atoms with E-state index in [1.807, 2.05) is 78.9 Å². The van der Waals surface area contributed by atoms with Gasteiger partial charge in [0.05, 0.1) is 6.61 Å². The molecule has 0 radical (unpaired) electrons. The van der Waals surface area contributed by atoms with Crippen molar-refractivity contribution in [2.24, 2.45) is 0 Å². The smallest absolute Gasteiger partial charge is 0.405 e. The number of anilines is 1. The number of aliphatic hydroxyl groups is 1. The van der Waals surface area contributed by atoms with E-state index in [0.717, 1.165) is 22.3 Å². The second kappa shape index (κ2) is 11.1. The first-order valence-electron chi connectivity index (χ1n) is 11.1. The van der Waals surface area contributed by atoms with Crippen molar-refractivity contribution in [1.29, 1.82) is 0 Å². The molecule has 35 heavy (non-hydrogen) atoms. The average Bonchev–Trinajstić information content (AvgIpc) is 2.90. The number of carbonyl (C=O) groups is 2. The summed E-state index contributed by atoms with van der Waals surface area (Å²) in [6.07, 6.45) is 1.98. The Morgan fingerprint density at radius 2 is 1.43 bits per heavy atom. The highest BCUT2D eigenvalue weighted by molar-refractivity contribution is 5.97. The number of amides is 2. The van der Waals surface area contributed by atoms with Gasteiger partial charge in [-0.1, -0.05) is 72.8 Å². The average molecular weight is 468 g/mol. The number of benzene rings is 3. The van der Waals surface area contributed by atoms with Crippen molar-refractivity contribution in [2.45, 2.75) is 18.6 Å². The molecule has 4 rings (SSSR count). The first-order valence-corrected chi connectivity index (χ1v) is 11.1. The van der Waals surface area contributed by atoms with Crippen LogP contribution < -0.4 is 10.6 Å². The summed E-state index contributed by atoms with van der Waals surface area (Å²) in [6.45, 7) is -0.134. The standard InChI is InChI=1S/C28H25N3O4/c32-18-22-17-29-16-15-24(22)19-11-13-23(14-12-19)30-27(33)26(31-28(34)35)25(20-7-3-1-4-8-20)21-9-5-2-6-10-21/h1-17,25-26,31-32H,18H2,(H,30,33)(H,34,35). The molecule has 1 heterocycles. The lowest BCUT2D eigenvalue weighted by molar-refractivity contribution is -0.118. The molecule has 1 unspecified atom stereocenters. The Hall–Kier alpha value is -4.49. The first-order chi connectivity index (χ1) is 17.1. The Labute approximate surface area is 203 Å². The molecule has 176 valence electrons. The fraction of sp³-hybridized carbons (Fsp3) is 0.107. The van der Waals surface area contributed by atoms with Gasteiger partial charge in [0.1, 0.15) is 6.04 Å². The second-order valence-corrected chi connectivity index (χ2v) is 7.98. The summed E-state index contributed by atoms with van der Waals surface area (Å²) in [6, 6.07) is 26.6. The van der Waals surface area contributed by atoms with Crippen molar-refractivity contribution in [3.63, 3.8) is 0 Å². The first kappa shape index (κ1) is 23.7. The highest BCUT2D eigenvalue weighted by atomic mass is 16.4. The van der Waals surface area contributed by atoms with Crippen LogP contribution in [0.25, 0.3) is 11.1 Å². The summed E-state index contributed by atoms with van der Waals surface area (Å²) < 4.78 is 0. The summed E-state index contributed by atoms with van der Waals surface area (Å²) >= 11 is 0. The summed E-state index contributed by atoms with van der Waals surface area (Å²) in [5, 5.41) is 24.4. The molecule has 0 saturated carbocycles. The van der Waals surface area contributed by atoms with Crippen LogP contribution in [0.4, 0.5) is 10.5 Å². The van der Waals surface area contributed by atoms with Crippen LogP contribution in [0.1, 0.15) is 22.6 Å². The highest BCUT2D eigenvalue weighted by Crippen LogP contribution is 2.30. The third-order valence-electron chi connectivity index (χ3n) is 5.75. The lowest BCUT2D eigenvalue weighted by Gasteiger charge is -2.27. The van der Waals surface area contributed by atoms with E-state index in [2.05, 4.69) is 15.6 Å². The maximum atomic E-state index is 13.4. The normalized spacial score (nSPS) is 11.6. The van der Waals surface area contributed by atoms with E-state index in [4.69, 9.17) is 0 Å². The van der Waals surface area contributed by atoms with E-state index in [1.165, 1.54) is 0 Å². The molecule has 0 aliphatic rings. The second-order valence-electron chi connectivity index (χ2n) is 7.98. The molecule has 0 bridgehead atoms. The van der Waals surface area contributed by atoms with Gasteiger partial charge < -0.3 is 20.8 Å². The molecular formula is C28H25N3O4. The topological polar surface area (TPSA) is 112 Å². The van der Waals surface area contributed by atoms with Crippen LogP contribution in [0.3, 0.4) is 0 Å². The Bertz CT molecular complexity index is 1240. The Kier molecular flexibility index (Phi) is 7.50. The number of pyridine rings is 1. The summed E-state index contributed by atoms with van der Waals surface area (Å²) in [5.74, 6) is -1.01. The van der Waals surface area contributed by atoms with Gasteiger partial charge in [-0.15, -0.1) is 0 Å². The summed E-state index contributed by atoms with van der Waals surface area (Å²) in [5.41, 5.74) is 4.56. The van der Waals surface area contributed by atoms with Gasteiger partial charge in [0.15, 0.2) is 0 Å². The quantitative estimate of drug-likeness (QED) is 0.301. The van der Waals surface area contributed by atoms with Gasteiger partial charge in [0.2, 0.25) is 5.91 Å². The molecule has 1 atom stereocenters. The van der Waals surface area contributed by atoms with Crippen molar-refractivity contribution in [2.75, 3.05) is 5.32 Å². The number of nitrogens with one attached hydrogen (secondary N) is 2. The number of nitrogens with zero attached hydrogens (tertiary/aromatic N) is 1. The van der Waals surface area contributed by atoms with Crippen LogP contribution in [0.2, 0.25) is 0 Å². The Balaban J connectivity index is 1.63. The molecule has 3 aromatic carbocycles. The fourth-order valence-electron chi connectivity index (χ4n) is 4.12. The van der Waals surface area contributed by atoms with E-state index in [1.54, 1.807) is 24.5 Å². The number of rotatable bonds is 8. The third-order valence-corrected chi connectivity index (χ3v) is 5.75. The molecule has 4 N–H and O–H groups in total. The van der Waals surface area contributed by atoms with Crippen LogP contribution in [0.5, 0.6) is 0 Å². The number of aromatic nitrogens is 1. The number of aliphatic hydroxyl groups excluding tert-OH is 1. The zero-order valence-corrected chi connectivity index (χ0v) is 18.8. The lowest BCUT2D eigenvalue weighted by atomic mass is 9.84. The monoisotopic (exact) mass is 467 g/mol. The highest BCUT2D eigenvalue weighted by Gasteiger charge is 2.32. The summed E-state index contributed by atoms with van der Waals surface area (Å²) in [4.78, 5) is 29.1. The Morgan fingerprint density at radius 3 is 1.97 bits per heavy atom. The van der Waals surface area contributed by atoms with Gasteiger partial charge in [0.25, 0.3) is 0 Å². The van der Waals surface area contributed by atoms with E-state index in [-0.39, 0.29) is 6.61 Å². The molecule has 2 amide bonds. The van der Waals surface area contributed by atoms with E-state index in [9.17, 15) is 19.8 Å². The minimum Gasteiger partial charge on any atom is -0.465 e. The maximum Gasteiger partial charge on any atom is 0.405 e. The SMILES string of the molecule is O=C(O)NC(C(=O)Nc1ccc(-c2ccncc2CO)cc1)C(c1ccccc1)c1ccccc1. The van der Waals surface area contributed by atoms with Crippen molar-refractivity contribution in [1.82, 2.24) is 10.3 Å². The summed E-state index contributed by atoms with van der Waals surface area (Å²) in [7, 11) is 0. The molecule has 0 aliphatic heterocycles. The van der Waals surface area contributed by atoms with Crippen molar-refractivity contribution in [3.05, 3.63) is 120 Å². The minimum absolute atomic E-state index is 0.134. The molecule has 7 nitrogen and oxygen atoms in total. The molecule has 0 spiro atoms. The predicted molar refractivity (Wildman–Crippen MR) is 134 cm³/mol. The van der Waals surface area contributed by atoms with Crippen LogP contribution in [0.15, 0.2) is 103 Å². The van der Waals surface area contributed by atoms with Crippen molar-refractivity contribution >= 4 is 17.7 Å². The van der Waals surface area contributed by atoms with Gasteiger partial charge in [-0.3, -0.25) is 9.78 Å². The molecule has 0 aliphatic carbocycles. The van der Waals surface area contributed by atoms with E-state index in [0.29, 0.717) is 11.3 Å². The molecule has 4 aromatic rings. The minimum atomic E-state index is -1.29. The van der Waals surface area contributed by atoms with E-state index < -0.39 is 24.0 Å². The van der Waals surface area contributed by atoms with Gasteiger partial charge in [-0.05, 0) is 40.5 Å². The van der Waals surface area contributed by atoms with Crippen LogP contribution in [0, 0.1) is 0 Å². The maximum absolute atomic E-state index is 13.4. The zero-order valence-electron chi connectivity index (χ0n) is 18.8. The number of carbonyl (C=O) groups excluding carboxylic acids is 1. The molecule has 0 fully saturated rings. The van der Waals surface area contributed by atoms with Crippen LogP contribution in [-0.2, 0) is 11.4 Å². The third kappa shape index (κ3) is 5.72. The number of hydrogen-bond acceptors (Lipinski definition) is 4. The van der Waals surface area contributed by atoms with E-state index >= 15 is 0 Å². The number of hydrogen-bond donors (Lipinski definition) is 4. The lowest BCUT2D eigenvalue weighted by Crippen LogP contribution is -2.47. The zero-order chi connectivity index (χ0) is 24.6.